The number of benzene rings is 2. The van der Waals surface area contributed by atoms with Crippen LogP contribution >= 0.6 is 0 Å². The molecular formula is C34H38N2O4. The van der Waals surface area contributed by atoms with Gasteiger partial charge in [-0.3, -0.25) is 0 Å². The van der Waals surface area contributed by atoms with E-state index in [-0.39, 0.29) is 11.0 Å². The van der Waals surface area contributed by atoms with E-state index in [9.17, 15) is 9.59 Å². The van der Waals surface area contributed by atoms with E-state index in [1.807, 2.05) is 6.07 Å². The summed E-state index contributed by atoms with van der Waals surface area (Å²) in [4.78, 5) is 26.1. The number of unbranched alkanes of at least 4 members (excludes halogenated alkanes) is 5. The maximum atomic E-state index is 12.7. The summed E-state index contributed by atoms with van der Waals surface area (Å²) in [6, 6.07) is 16.3. The van der Waals surface area contributed by atoms with Crippen LogP contribution in [0.2, 0.25) is 0 Å². The highest BCUT2D eigenvalue weighted by atomic mass is 16.4. The lowest BCUT2D eigenvalue weighted by Gasteiger charge is -2.40. The van der Waals surface area contributed by atoms with Gasteiger partial charge in [0.1, 0.15) is 17.2 Å². The highest BCUT2D eigenvalue weighted by molar-refractivity contribution is 5.91. The Labute approximate surface area is 236 Å². The van der Waals surface area contributed by atoms with Crippen molar-refractivity contribution < 1.29 is 14.3 Å². The molecule has 0 saturated carbocycles. The van der Waals surface area contributed by atoms with E-state index in [0.717, 1.165) is 36.1 Å². The minimum Gasteiger partial charge on any atom is -0.477 e. The summed E-state index contributed by atoms with van der Waals surface area (Å²) in [6.07, 6.45) is 13.9. The van der Waals surface area contributed by atoms with Crippen molar-refractivity contribution in [2.45, 2.75) is 77.6 Å². The number of carboxylic acids is 1. The number of allylic oxidation sites excluding steroid dienone is 2. The Morgan fingerprint density at radius 3 is 2.52 bits per heavy atom. The molecule has 0 bridgehead atoms. The van der Waals surface area contributed by atoms with Crippen LogP contribution in [0.4, 0.5) is 11.4 Å². The summed E-state index contributed by atoms with van der Waals surface area (Å²) in [6.45, 7) is 7.58. The van der Waals surface area contributed by atoms with Gasteiger partial charge in [0, 0.05) is 29.4 Å². The van der Waals surface area contributed by atoms with E-state index < -0.39 is 17.2 Å². The molecule has 0 spiro atoms. The van der Waals surface area contributed by atoms with Crippen molar-refractivity contribution in [1.82, 2.24) is 0 Å². The maximum absolute atomic E-state index is 12.7. The smallest absolute Gasteiger partial charge is 0.346 e. The SMILES string of the molecule is CCCCCCCCc1ccc(N2CCC(C)(C)c3cc4cc(C=CC=C(C#N)C(=O)O)c(=O)oc4cc32)cc1. The predicted octanol–water partition coefficient (Wildman–Crippen LogP) is 8.06. The van der Waals surface area contributed by atoms with Gasteiger partial charge in [0.15, 0.2) is 0 Å². The highest BCUT2D eigenvalue weighted by Gasteiger charge is 2.32. The monoisotopic (exact) mass is 538 g/mol. The zero-order valence-corrected chi connectivity index (χ0v) is 23.7. The van der Waals surface area contributed by atoms with Crippen molar-refractivity contribution >= 4 is 34.4 Å². The van der Waals surface area contributed by atoms with Crippen LogP contribution in [0.25, 0.3) is 17.0 Å². The predicted molar refractivity (Wildman–Crippen MR) is 161 cm³/mol. The Morgan fingerprint density at radius 1 is 1.10 bits per heavy atom. The Hall–Kier alpha value is -4.11. The zero-order chi connectivity index (χ0) is 28.7. The normalized spacial score (nSPS) is 14.8. The van der Waals surface area contributed by atoms with Crippen LogP contribution < -0.4 is 10.5 Å². The number of rotatable bonds is 11. The topological polar surface area (TPSA) is 94.5 Å². The van der Waals surface area contributed by atoms with Gasteiger partial charge in [0.05, 0.1) is 5.56 Å². The van der Waals surface area contributed by atoms with Crippen LogP contribution in [0, 0.1) is 11.3 Å². The second kappa shape index (κ2) is 12.8. The Bertz CT molecular complexity index is 1520. The molecule has 0 aliphatic carbocycles. The summed E-state index contributed by atoms with van der Waals surface area (Å²) >= 11 is 0. The van der Waals surface area contributed by atoms with Gasteiger partial charge in [-0.25, -0.2) is 9.59 Å². The number of hydrogen-bond acceptors (Lipinski definition) is 5. The molecule has 1 aromatic heterocycles. The molecule has 208 valence electrons. The van der Waals surface area contributed by atoms with Crippen LogP contribution in [0.5, 0.6) is 0 Å². The molecule has 3 aromatic rings. The maximum Gasteiger partial charge on any atom is 0.346 e. The van der Waals surface area contributed by atoms with Crippen molar-refractivity contribution in [3.05, 3.63) is 87.3 Å². The number of carbonyl (C=O) groups is 1. The van der Waals surface area contributed by atoms with Crippen molar-refractivity contribution in [3.63, 3.8) is 0 Å². The molecule has 2 heterocycles. The van der Waals surface area contributed by atoms with Crippen LogP contribution in [-0.4, -0.2) is 17.6 Å². The van der Waals surface area contributed by atoms with Gasteiger partial charge < -0.3 is 14.4 Å². The first kappa shape index (κ1) is 28.9. The summed E-state index contributed by atoms with van der Waals surface area (Å²) in [5, 5.41) is 18.7. The van der Waals surface area contributed by atoms with Gasteiger partial charge in [-0.2, -0.15) is 5.26 Å². The third-order valence-electron chi connectivity index (χ3n) is 7.81. The molecule has 0 radical (unpaired) electrons. The zero-order valence-electron chi connectivity index (χ0n) is 23.7. The summed E-state index contributed by atoms with van der Waals surface area (Å²) < 4.78 is 5.71. The van der Waals surface area contributed by atoms with Crippen LogP contribution in [0.15, 0.2) is 69.4 Å². The third-order valence-corrected chi connectivity index (χ3v) is 7.81. The second-order valence-corrected chi connectivity index (χ2v) is 11.2. The van der Waals surface area contributed by atoms with Crippen molar-refractivity contribution in [2.75, 3.05) is 11.4 Å². The average molecular weight is 539 g/mol. The molecule has 6 heteroatoms. The summed E-state index contributed by atoms with van der Waals surface area (Å²) in [5.74, 6) is -1.32. The molecule has 4 rings (SSSR count). The standard InChI is InChI=1S/C34H38N2O4/c1-4-5-6-7-8-9-11-24-14-16-28(17-15-24)36-19-18-34(2,3)29-21-27-20-25(12-10-13-26(23-35)32(37)38)33(39)40-31(27)22-30(29)36/h10,12-17,20-22H,4-9,11,18-19H2,1-3H3,(H,37,38). The summed E-state index contributed by atoms with van der Waals surface area (Å²) in [5.41, 5.74) is 4.52. The van der Waals surface area contributed by atoms with E-state index >= 15 is 0 Å². The molecule has 1 N–H and O–H groups in total. The molecule has 6 nitrogen and oxygen atoms in total. The number of fused-ring (bicyclic) bond motifs is 2. The van der Waals surface area contributed by atoms with Gasteiger partial charge in [-0.15, -0.1) is 0 Å². The number of carboxylic acid groups (broad SMARTS) is 1. The molecule has 40 heavy (non-hydrogen) atoms. The minimum atomic E-state index is -1.32. The first-order chi connectivity index (χ1) is 19.2. The number of nitriles is 1. The van der Waals surface area contributed by atoms with E-state index in [1.54, 1.807) is 12.1 Å². The van der Waals surface area contributed by atoms with E-state index in [1.165, 1.54) is 67.9 Å². The lowest BCUT2D eigenvalue weighted by atomic mass is 9.77. The summed E-state index contributed by atoms with van der Waals surface area (Å²) in [7, 11) is 0. The Balaban J connectivity index is 1.60. The molecule has 0 unspecified atom stereocenters. The second-order valence-electron chi connectivity index (χ2n) is 11.2. The van der Waals surface area contributed by atoms with Gasteiger partial charge in [-0.1, -0.05) is 71.1 Å². The molecule has 1 aliphatic rings. The molecule has 0 saturated heterocycles. The Morgan fingerprint density at radius 2 is 1.82 bits per heavy atom. The highest BCUT2D eigenvalue weighted by Crippen LogP contribution is 2.44. The van der Waals surface area contributed by atoms with Crippen molar-refractivity contribution in [2.24, 2.45) is 0 Å². The number of anilines is 2. The van der Waals surface area contributed by atoms with Crippen LogP contribution in [-0.2, 0) is 16.6 Å². The molecule has 0 atom stereocenters. The number of aliphatic carboxylic acids is 1. The first-order valence-electron chi connectivity index (χ1n) is 14.2. The molecule has 0 fully saturated rings. The van der Waals surface area contributed by atoms with Crippen molar-refractivity contribution in [3.8, 4) is 6.07 Å². The van der Waals surface area contributed by atoms with Gasteiger partial charge in [-0.05, 0) is 72.2 Å². The molecular weight excluding hydrogens is 500 g/mol. The number of aryl methyl sites for hydroxylation is 1. The van der Waals surface area contributed by atoms with E-state index in [0.29, 0.717) is 5.58 Å². The lowest BCUT2D eigenvalue weighted by Crippen LogP contribution is -2.34. The number of hydrogen-bond donors (Lipinski definition) is 1. The quantitative estimate of drug-likeness (QED) is 0.0872. The largest absolute Gasteiger partial charge is 0.477 e. The van der Waals surface area contributed by atoms with Gasteiger partial charge in [0.2, 0.25) is 0 Å². The van der Waals surface area contributed by atoms with Gasteiger partial charge >= 0.3 is 11.6 Å². The van der Waals surface area contributed by atoms with E-state index in [2.05, 4.69) is 56.0 Å². The van der Waals surface area contributed by atoms with Crippen LogP contribution in [0.1, 0.15) is 82.4 Å². The van der Waals surface area contributed by atoms with Gasteiger partial charge in [0.25, 0.3) is 0 Å². The lowest BCUT2D eigenvalue weighted by molar-refractivity contribution is -0.132. The third kappa shape index (κ3) is 6.71. The number of nitrogens with zero attached hydrogens (tertiary/aromatic N) is 2. The fourth-order valence-corrected chi connectivity index (χ4v) is 5.32. The van der Waals surface area contributed by atoms with Crippen molar-refractivity contribution in [1.29, 1.82) is 5.26 Å². The van der Waals surface area contributed by atoms with Crippen LogP contribution in [0.3, 0.4) is 0 Å². The molecule has 1 aliphatic heterocycles. The molecule has 2 aromatic carbocycles. The average Bonchev–Trinajstić information content (AvgIpc) is 2.93. The minimum absolute atomic E-state index is 0.0597. The Kier molecular flexibility index (Phi) is 9.26. The molecule has 0 amide bonds. The first-order valence-corrected chi connectivity index (χ1v) is 14.2. The fourth-order valence-electron chi connectivity index (χ4n) is 5.32. The van der Waals surface area contributed by atoms with E-state index in [4.69, 9.17) is 14.8 Å². The fraction of sp³-hybridized carbons (Fsp3) is 0.382.